The van der Waals surface area contributed by atoms with Crippen LogP contribution in [0.4, 0.5) is 13.2 Å². The topological polar surface area (TPSA) is 30.0 Å². The molecular formula is C13H6Br2F3NO. The molecular weight excluding hydrogens is 403 g/mol. The Bertz CT molecular complexity index is 671. The molecule has 7 heteroatoms. The number of halogens is 5. The number of hydrogen-bond donors (Lipinski definition) is 0. The summed E-state index contributed by atoms with van der Waals surface area (Å²) in [5.41, 5.74) is -1.33. The third-order valence-corrected chi connectivity index (χ3v) is 3.73. The van der Waals surface area contributed by atoms with Crippen molar-refractivity contribution in [2.75, 3.05) is 0 Å². The van der Waals surface area contributed by atoms with E-state index in [1.54, 1.807) is 12.1 Å². The molecule has 0 radical (unpaired) electrons. The van der Waals surface area contributed by atoms with Crippen LogP contribution in [-0.4, -0.2) is 10.8 Å². The van der Waals surface area contributed by atoms with Gasteiger partial charge in [0.1, 0.15) is 0 Å². The highest BCUT2D eigenvalue weighted by atomic mass is 79.9. The Morgan fingerprint density at radius 1 is 1.10 bits per heavy atom. The van der Waals surface area contributed by atoms with Gasteiger partial charge in [0.05, 0.1) is 11.1 Å². The minimum absolute atomic E-state index is 0.137. The van der Waals surface area contributed by atoms with E-state index >= 15 is 0 Å². The Kier molecular flexibility index (Phi) is 4.29. The summed E-state index contributed by atoms with van der Waals surface area (Å²) in [6.07, 6.45) is -2.67. The van der Waals surface area contributed by atoms with Crippen molar-refractivity contribution in [3.8, 4) is 0 Å². The molecule has 1 aromatic heterocycles. The highest BCUT2D eigenvalue weighted by Gasteiger charge is 2.35. The minimum atomic E-state index is -4.60. The molecule has 1 heterocycles. The molecule has 0 N–H and O–H groups in total. The van der Waals surface area contributed by atoms with E-state index < -0.39 is 23.1 Å². The molecule has 2 rings (SSSR count). The second kappa shape index (κ2) is 5.65. The van der Waals surface area contributed by atoms with Crippen LogP contribution in [0.1, 0.15) is 21.5 Å². The van der Waals surface area contributed by atoms with Crippen LogP contribution in [0.5, 0.6) is 0 Å². The number of alkyl halides is 3. The average molecular weight is 409 g/mol. The van der Waals surface area contributed by atoms with E-state index in [1.165, 1.54) is 6.07 Å². The molecule has 0 fully saturated rings. The fourth-order valence-corrected chi connectivity index (χ4v) is 2.43. The first-order valence-electron chi connectivity index (χ1n) is 5.31. The van der Waals surface area contributed by atoms with Crippen molar-refractivity contribution in [3.63, 3.8) is 0 Å². The first kappa shape index (κ1) is 15.2. The number of carbonyl (C=O) groups is 1. The third kappa shape index (κ3) is 3.09. The average Bonchev–Trinajstić information content (AvgIpc) is 2.40. The lowest BCUT2D eigenvalue weighted by atomic mass is 10.0. The van der Waals surface area contributed by atoms with E-state index in [9.17, 15) is 18.0 Å². The number of pyridine rings is 1. The largest absolute Gasteiger partial charge is 0.417 e. The maximum atomic E-state index is 12.9. The number of aromatic nitrogens is 1. The minimum Gasteiger partial charge on any atom is -0.288 e. The highest BCUT2D eigenvalue weighted by molar-refractivity contribution is 9.11. The lowest BCUT2D eigenvalue weighted by Crippen LogP contribution is -2.14. The van der Waals surface area contributed by atoms with E-state index in [4.69, 9.17) is 0 Å². The van der Waals surface area contributed by atoms with Gasteiger partial charge < -0.3 is 0 Å². The molecule has 104 valence electrons. The predicted molar refractivity (Wildman–Crippen MR) is 74.5 cm³/mol. The Morgan fingerprint density at radius 3 is 2.45 bits per heavy atom. The monoisotopic (exact) mass is 407 g/mol. The summed E-state index contributed by atoms with van der Waals surface area (Å²) in [6.45, 7) is 0. The highest BCUT2D eigenvalue weighted by Crippen LogP contribution is 2.33. The summed E-state index contributed by atoms with van der Waals surface area (Å²) in [7, 11) is 0. The van der Waals surface area contributed by atoms with Crippen molar-refractivity contribution in [1.29, 1.82) is 0 Å². The van der Waals surface area contributed by atoms with Gasteiger partial charge in [-0.05, 0) is 24.3 Å². The second-order valence-corrected chi connectivity index (χ2v) is 5.64. The van der Waals surface area contributed by atoms with Crippen LogP contribution in [0, 0.1) is 0 Å². The van der Waals surface area contributed by atoms with Gasteiger partial charge in [-0.1, -0.05) is 31.9 Å². The zero-order valence-corrected chi connectivity index (χ0v) is 12.9. The molecule has 0 bridgehead atoms. The summed E-state index contributed by atoms with van der Waals surface area (Å²) in [4.78, 5) is 15.9. The second-order valence-electron chi connectivity index (χ2n) is 3.87. The van der Waals surface area contributed by atoms with Crippen LogP contribution in [0.25, 0.3) is 0 Å². The molecule has 0 amide bonds. The number of ketones is 1. The number of rotatable bonds is 2. The normalized spacial score (nSPS) is 11.4. The standard InChI is InChI=1S/C13H6Br2F3NO/c14-7-1-2-11(15)8(5-7)12(20)9-6-19-4-3-10(9)13(16,17)18/h1-6H. The number of nitrogens with zero attached hydrogens (tertiary/aromatic N) is 1. The molecule has 0 aliphatic carbocycles. The lowest BCUT2D eigenvalue weighted by molar-refractivity contribution is -0.137. The van der Waals surface area contributed by atoms with Crippen LogP contribution in [0.2, 0.25) is 0 Å². The zero-order chi connectivity index (χ0) is 14.9. The third-order valence-electron chi connectivity index (χ3n) is 2.54. The molecule has 0 unspecified atom stereocenters. The molecule has 0 saturated heterocycles. The maximum absolute atomic E-state index is 12.9. The van der Waals surface area contributed by atoms with Gasteiger partial charge in [0.2, 0.25) is 0 Å². The SMILES string of the molecule is O=C(c1cc(Br)ccc1Br)c1cnccc1C(F)(F)F. The van der Waals surface area contributed by atoms with Crippen molar-refractivity contribution < 1.29 is 18.0 Å². The molecule has 0 atom stereocenters. The molecule has 1 aromatic carbocycles. The Morgan fingerprint density at radius 2 is 1.80 bits per heavy atom. The summed E-state index contributed by atoms with van der Waals surface area (Å²) in [5.74, 6) is -0.737. The van der Waals surface area contributed by atoms with Crippen LogP contribution in [0.15, 0.2) is 45.6 Å². The molecule has 0 saturated carbocycles. The van der Waals surface area contributed by atoms with Crippen LogP contribution >= 0.6 is 31.9 Å². The molecule has 0 aliphatic heterocycles. The smallest absolute Gasteiger partial charge is 0.288 e. The summed E-state index contributed by atoms with van der Waals surface area (Å²) in [6, 6.07) is 5.51. The van der Waals surface area contributed by atoms with Crippen LogP contribution < -0.4 is 0 Å². The molecule has 20 heavy (non-hydrogen) atoms. The van der Waals surface area contributed by atoms with Gasteiger partial charge in [-0.15, -0.1) is 0 Å². The van der Waals surface area contributed by atoms with E-state index in [2.05, 4.69) is 36.8 Å². The van der Waals surface area contributed by atoms with E-state index in [1.807, 2.05) is 0 Å². The first-order valence-corrected chi connectivity index (χ1v) is 6.90. The quantitative estimate of drug-likeness (QED) is 0.664. The predicted octanol–water partition coefficient (Wildman–Crippen LogP) is 4.86. The first-order chi connectivity index (χ1) is 9.30. The molecule has 0 aliphatic rings. The maximum Gasteiger partial charge on any atom is 0.417 e. The van der Waals surface area contributed by atoms with Crippen molar-refractivity contribution >= 4 is 37.6 Å². The fourth-order valence-electron chi connectivity index (χ4n) is 1.64. The van der Waals surface area contributed by atoms with Gasteiger partial charge in [0.15, 0.2) is 5.78 Å². The van der Waals surface area contributed by atoms with Gasteiger partial charge in [-0.25, -0.2) is 0 Å². The molecule has 2 aromatic rings. The van der Waals surface area contributed by atoms with Gasteiger partial charge >= 0.3 is 6.18 Å². The van der Waals surface area contributed by atoms with Crippen molar-refractivity contribution in [2.24, 2.45) is 0 Å². The Balaban J connectivity index is 2.57. The van der Waals surface area contributed by atoms with E-state index in [0.717, 1.165) is 18.5 Å². The van der Waals surface area contributed by atoms with Gasteiger partial charge in [-0.2, -0.15) is 13.2 Å². The van der Waals surface area contributed by atoms with Crippen molar-refractivity contribution in [1.82, 2.24) is 4.98 Å². The van der Waals surface area contributed by atoms with Gasteiger partial charge in [0.25, 0.3) is 0 Å². The van der Waals surface area contributed by atoms with E-state index in [-0.39, 0.29) is 5.56 Å². The van der Waals surface area contributed by atoms with Crippen LogP contribution in [0.3, 0.4) is 0 Å². The molecule has 0 spiro atoms. The fraction of sp³-hybridized carbons (Fsp3) is 0.0769. The van der Waals surface area contributed by atoms with Crippen LogP contribution in [-0.2, 0) is 6.18 Å². The van der Waals surface area contributed by atoms with Crippen molar-refractivity contribution in [3.05, 3.63) is 62.3 Å². The van der Waals surface area contributed by atoms with Crippen molar-refractivity contribution in [2.45, 2.75) is 6.18 Å². The zero-order valence-electron chi connectivity index (χ0n) is 9.71. The number of hydrogen-bond acceptors (Lipinski definition) is 2. The Hall–Kier alpha value is -1.21. The summed E-state index contributed by atoms with van der Waals surface area (Å²) < 4.78 is 39.7. The summed E-state index contributed by atoms with van der Waals surface area (Å²) in [5, 5.41) is 0. The number of benzene rings is 1. The molecule has 2 nitrogen and oxygen atoms in total. The van der Waals surface area contributed by atoms with E-state index in [0.29, 0.717) is 8.95 Å². The van der Waals surface area contributed by atoms with Gasteiger partial charge in [0, 0.05) is 26.9 Å². The van der Waals surface area contributed by atoms with Gasteiger partial charge in [-0.3, -0.25) is 9.78 Å². The summed E-state index contributed by atoms with van der Waals surface area (Å²) >= 11 is 6.34. The number of carbonyl (C=O) groups excluding carboxylic acids is 1. The lowest BCUT2D eigenvalue weighted by Gasteiger charge is -2.12. The Labute approximate surface area is 129 Å².